The molecule has 1 saturated heterocycles. The summed E-state index contributed by atoms with van der Waals surface area (Å²) in [5.74, 6) is -2.80. The van der Waals surface area contributed by atoms with Crippen molar-refractivity contribution in [1.82, 2.24) is 15.1 Å². The Bertz CT molecular complexity index is 1010. The summed E-state index contributed by atoms with van der Waals surface area (Å²) in [5, 5.41) is 2.66. The van der Waals surface area contributed by atoms with E-state index in [-0.39, 0.29) is 6.54 Å². The maximum atomic E-state index is 13.4. The molecule has 2 aromatic carbocycles. The van der Waals surface area contributed by atoms with Gasteiger partial charge in [0.1, 0.15) is 0 Å². The molecule has 1 heterocycles. The lowest BCUT2D eigenvalue weighted by atomic mass is 10.1. The zero-order chi connectivity index (χ0) is 25.2. The number of rotatable bonds is 9. The number of hydrogen-bond donors (Lipinski definition) is 1. The first-order valence-electron chi connectivity index (χ1n) is 11.5. The van der Waals surface area contributed by atoms with Crippen molar-refractivity contribution in [2.45, 2.75) is 39.1 Å². The molecule has 2 aromatic rings. The topological polar surface area (TPSA) is 105 Å². The third-order valence-corrected chi connectivity index (χ3v) is 5.61. The van der Waals surface area contributed by atoms with Crippen LogP contribution in [0.2, 0.25) is 0 Å². The predicted molar refractivity (Wildman–Crippen MR) is 128 cm³/mol. The van der Waals surface area contributed by atoms with E-state index in [0.717, 1.165) is 26.0 Å². The lowest BCUT2D eigenvalue weighted by molar-refractivity contribution is -0.178. The molecule has 1 aliphatic heterocycles. The molecule has 35 heavy (non-hydrogen) atoms. The van der Waals surface area contributed by atoms with Crippen LogP contribution in [0.1, 0.15) is 25.0 Å². The van der Waals surface area contributed by atoms with E-state index in [0.29, 0.717) is 26.2 Å². The second-order valence-electron chi connectivity index (χ2n) is 8.35. The summed E-state index contributed by atoms with van der Waals surface area (Å²) in [7, 11) is 0. The van der Waals surface area contributed by atoms with Gasteiger partial charge in [-0.2, -0.15) is 0 Å². The highest BCUT2D eigenvalue weighted by Gasteiger charge is 2.42. The number of esters is 2. The Morgan fingerprint density at radius 1 is 0.771 bits per heavy atom. The van der Waals surface area contributed by atoms with Crippen LogP contribution in [0, 0.1) is 0 Å². The lowest BCUT2D eigenvalue weighted by Crippen LogP contribution is -2.57. The fraction of sp³-hybridized carbons (Fsp3) is 0.385. The number of benzene rings is 2. The smallest absolute Gasteiger partial charge is 0.303 e. The number of nitrogens with zero attached hydrogens (tertiary/aromatic N) is 2. The molecule has 1 fully saturated rings. The van der Waals surface area contributed by atoms with Gasteiger partial charge < -0.3 is 19.7 Å². The Morgan fingerprint density at radius 3 is 1.83 bits per heavy atom. The highest BCUT2D eigenvalue weighted by Crippen LogP contribution is 2.15. The second kappa shape index (κ2) is 12.7. The van der Waals surface area contributed by atoms with Gasteiger partial charge in [0.15, 0.2) is 0 Å². The van der Waals surface area contributed by atoms with Crippen molar-refractivity contribution >= 4 is 23.8 Å². The number of carbonyl (C=O) groups excluding carboxylic acids is 4. The van der Waals surface area contributed by atoms with E-state index in [9.17, 15) is 19.2 Å². The van der Waals surface area contributed by atoms with Crippen LogP contribution >= 0.6 is 0 Å². The minimum atomic E-state index is -1.60. The minimum absolute atomic E-state index is 0.163. The van der Waals surface area contributed by atoms with Gasteiger partial charge in [0.25, 0.3) is 11.8 Å². The Balaban J connectivity index is 1.68. The Kier molecular flexibility index (Phi) is 9.37. The molecule has 3 rings (SSSR count). The number of carbonyl (C=O) groups is 4. The molecule has 9 nitrogen and oxygen atoms in total. The first kappa shape index (κ1) is 25.9. The van der Waals surface area contributed by atoms with Gasteiger partial charge in [-0.05, 0) is 11.1 Å². The van der Waals surface area contributed by atoms with E-state index in [2.05, 4.69) is 10.2 Å². The first-order valence-corrected chi connectivity index (χ1v) is 11.5. The van der Waals surface area contributed by atoms with Crippen LogP contribution < -0.4 is 5.32 Å². The van der Waals surface area contributed by atoms with Gasteiger partial charge in [0.2, 0.25) is 12.2 Å². The van der Waals surface area contributed by atoms with Crippen molar-refractivity contribution in [1.29, 1.82) is 0 Å². The molecule has 0 saturated carbocycles. The molecule has 2 amide bonds. The largest absolute Gasteiger partial charge is 0.448 e. The minimum Gasteiger partial charge on any atom is -0.448 e. The fourth-order valence-electron chi connectivity index (χ4n) is 3.89. The van der Waals surface area contributed by atoms with Crippen molar-refractivity contribution in [2.75, 3.05) is 26.2 Å². The quantitative estimate of drug-likeness (QED) is 0.542. The molecule has 0 spiro atoms. The molecule has 1 N–H and O–H groups in total. The van der Waals surface area contributed by atoms with Gasteiger partial charge >= 0.3 is 11.9 Å². The summed E-state index contributed by atoms with van der Waals surface area (Å²) in [5.41, 5.74) is 2.00. The van der Waals surface area contributed by atoms with E-state index in [4.69, 9.17) is 9.47 Å². The van der Waals surface area contributed by atoms with Gasteiger partial charge in [-0.15, -0.1) is 0 Å². The normalized spacial score (nSPS) is 15.5. The molecule has 9 heteroatoms. The van der Waals surface area contributed by atoms with Crippen LogP contribution in [0.25, 0.3) is 0 Å². The summed E-state index contributed by atoms with van der Waals surface area (Å²) in [6.07, 6.45) is -3.18. The number of nitrogens with one attached hydrogen (secondary N) is 1. The van der Waals surface area contributed by atoms with Gasteiger partial charge in [-0.25, -0.2) is 0 Å². The average molecular weight is 482 g/mol. The second-order valence-corrected chi connectivity index (χ2v) is 8.35. The summed E-state index contributed by atoms with van der Waals surface area (Å²) in [6.45, 7) is 5.21. The molecule has 0 radical (unpaired) electrons. The highest BCUT2D eigenvalue weighted by atomic mass is 16.6. The summed E-state index contributed by atoms with van der Waals surface area (Å²) in [4.78, 5) is 53.7. The van der Waals surface area contributed by atoms with Crippen LogP contribution in [0.4, 0.5) is 0 Å². The summed E-state index contributed by atoms with van der Waals surface area (Å²) >= 11 is 0. The molecule has 1 aliphatic rings. The highest BCUT2D eigenvalue weighted by molar-refractivity contribution is 5.93. The van der Waals surface area contributed by atoms with Gasteiger partial charge in [-0.3, -0.25) is 24.1 Å². The van der Waals surface area contributed by atoms with E-state index in [1.54, 1.807) is 0 Å². The molecule has 0 bridgehead atoms. The third-order valence-electron chi connectivity index (χ3n) is 5.61. The van der Waals surface area contributed by atoms with E-state index in [1.165, 1.54) is 10.5 Å². The molecule has 0 unspecified atom stereocenters. The summed E-state index contributed by atoms with van der Waals surface area (Å²) < 4.78 is 10.4. The zero-order valence-corrected chi connectivity index (χ0v) is 20.0. The van der Waals surface area contributed by atoms with Gasteiger partial charge in [0.05, 0.1) is 0 Å². The van der Waals surface area contributed by atoms with Crippen LogP contribution in [0.5, 0.6) is 0 Å². The van der Waals surface area contributed by atoms with Crippen molar-refractivity contribution in [3.05, 3.63) is 71.8 Å². The lowest BCUT2D eigenvalue weighted by Gasteiger charge is -2.37. The Morgan fingerprint density at radius 2 is 1.29 bits per heavy atom. The molecule has 0 aliphatic carbocycles. The van der Waals surface area contributed by atoms with E-state index >= 15 is 0 Å². The number of piperazine rings is 1. The van der Waals surface area contributed by atoms with Crippen molar-refractivity contribution in [3.63, 3.8) is 0 Å². The summed E-state index contributed by atoms with van der Waals surface area (Å²) in [6, 6.07) is 19.2. The van der Waals surface area contributed by atoms with E-state index < -0.39 is 36.0 Å². The van der Waals surface area contributed by atoms with Gasteiger partial charge in [0, 0.05) is 53.1 Å². The average Bonchev–Trinajstić information content (AvgIpc) is 2.85. The fourth-order valence-corrected chi connectivity index (χ4v) is 3.89. The molecule has 0 aromatic heterocycles. The maximum absolute atomic E-state index is 13.4. The monoisotopic (exact) mass is 481 g/mol. The van der Waals surface area contributed by atoms with Crippen molar-refractivity contribution in [2.24, 2.45) is 0 Å². The maximum Gasteiger partial charge on any atom is 0.303 e. The molecular formula is C26H31N3O6. The number of hydrogen-bond acceptors (Lipinski definition) is 7. The molecule has 186 valence electrons. The first-order chi connectivity index (χ1) is 16.8. The van der Waals surface area contributed by atoms with Crippen molar-refractivity contribution in [3.8, 4) is 0 Å². The van der Waals surface area contributed by atoms with Crippen molar-refractivity contribution < 1.29 is 28.7 Å². The van der Waals surface area contributed by atoms with Crippen LogP contribution in [0.3, 0.4) is 0 Å². The van der Waals surface area contributed by atoms with Crippen LogP contribution in [-0.4, -0.2) is 71.9 Å². The van der Waals surface area contributed by atoms with E-state index in [1.807, 2.05) is 60.7 Å². The molecular weight excluding hydrogens is 450 g/mol. The predicted octanol–water partition coefficient (Wildman–Crippen LogP) is 1.51. The Hall–Kier alpha value is -3.72. The zero-order valence-electron chi connectivity index (χ0n) is 20.0. The molecule has 2 atom stereocenters. The van der Waals surface area contributed by atoms with Crippen LogP contribution in [0.15, 0.2) is 60.7 Å². The van der Waals surface area contributed by atoms with Crippen LogP contribution in [-0.2, 0) is 41.7 Å². The Labute approximate surface area is 205 Å². The number of ether oxygens (including phenoxy) is 2. The SMILES string of the molecule is CC(=O)O[C@H](C(=O)NCc1ccccc1)[C@H](OC(C)=O)C(=O)N1CCN(Cc2ccccc2)CC1. The third kappa shape index (κ3) is 7.92. The van der Waals surface area contributed by atoms with Gasteiger partial charge in [-0.1, -0.05) is 60.7 Å². The standard InChI is InChI=1S/C26H31N3O6/c1-19(30)34-23(25(32)27-17-21-9-5-3-6-10-21)24(35-20(2)31)26(33)29-15-13-28(14-16-29)18-22-11-7-4-8-12-22/h3-12,23-24H,13-18H2,1-2H3,(H,27,32)/t23-,24-/m0/s1. The number of amides is 2.